The van der Waals surface area contributed by atoms with Gasteiger partial charge in [-0.05, 0) is 12.1 Å². The molecule has 0 unspecified atom stereocenters. The minimum Gasteiger partial charge on any atom is -0.424 e. The molecule has 0 amide bonds. The highest BCUT2D eigenvalue weighted by molar-refractivity contribution is 5.89. The van der Waals surface area contributed by atoms with Gasteiger partial charge in [0.15, 0.2) is 6.10 Å². The van der Waals surface area contributed by atoms with E-state index in [2.05, 4.69) is 0 Å². The SMILES string of the molecule is O=C(O[C@@]1(O)CO[C@@H]2[C@H](O)CO[C@@H]21)c1ccccc1. The molecule has 102 valence electrons. The lowest BCUT2D eigenvalue weighted by Gasteiger charge is -2.26. The molecule has 4 atom stereocenters. The van der Waals surface area contributed by atoms with Crippen molar-refractivity contribution in [2.24, 2.45) is 0 Å². The summed E-state index contributed by atoms with van der Waals surface area (Å²) >= 11 is 0. The summed E-state index contributed by atoms with van der Waals surface area (Å²) in [6.45, 7) is -0.154. The molecular weight excluding hydrogens is 252 g/mol. The third-order valence-electron chi connectivity index (χ3n) is 3.33. The molecule has 3 rings (SSSR count). The van der Waals surface area contributed by atoms with Crippen molar-refractivity contribution in [3.8, 4) is 0 Å². The average Bonchev–Trinajstić information content (AvgIpc) is 2.94. The largest absolute Gasteiger partial charge is 0.424 e. The molecule has 0 saturated carbocycles. The van der Waals surface area contributed by atoms with Gasteiger partial charge < -0.3 is 24.4 Å². The maximum Gasteiger partial charge on any atom is 0.340 e. The monoisotopic (exact) mass is 266 g/mol. The number of carbonyl (C=O) groups excluding carboxylic acids is 1. The van der Waals surface area contributed by atoms with E-state index in [-0.39, 0.29) is 13.2 Å². The fraction of sp³-hybridized carbons (Fsp3) is 0.462. The van der Waals surface area contributed by atoms with Gasteiger partial charge in [-0.3, -0.25) is 0 Å². The lowest BCUT2D eigenvalue weighted by molar-refractivity contribution is -0.211. The molecule has 0 bridgehead atoms. The first kappa shape index (κ1) is 12.6. The number of ether oxygens (including phenoxy) is 3. The molecule has 0 aromatic heterocycles. The molecule has 1 aromatic rings. The molecule has 2 heterocycles. The lowest BCUT2D eigenvalue weighted by Crippen LogP contribution is -2.47. The number of hydrogen-bond acceptors (Lipinski definition) is 6. The second-order valence-corrected chi connectivity index (χ2v) is 4.70. The highest BCUT2D eigenvalue weighted by atomic mass is 16.7. The predicted octanol–water partition coefficient (Wildman–Crippen LogP) is -0.310. The fourth-order valence-corrected chi connectivity index (χ4v) is 2.36. The van der Waals surface area contributed by atoms with Gasteiger partial charge in [-0.25, -0.2) is 4.79 Å². The molecule has 0 aliphatic carbocycles. The van der Waals surface area contributed by atoms with Gasteiger partial charge >= 0.3 is 5.97 Å². The van der Waals surface area contributed by atoms with E-state index in [1.807, 2.05) is 0 Å². The number of carbonyl (C=O) groups is 1. The maximum atomic E-state index is 11.9. The molecule has 2 saturated heterocycles. The van der Waals surface area contributed by atoms with E-state index in [1.54, 1.807) is 30.3 Å². The summed E-state index contributed by atoms with van der Waals surface area (Å²) in [6, 6.07) is 8.35. The molecule has 0 radical (unpaired) electrons. The van der Waals surface area contributed by atoms with Gasteiger partial charge in [0.1, 0.15) is 18.8 Å². The Balaban J connectivity index is 1.75. The van der Waals surface area contributed by atoms with Crippen molar-refractivity contribution in [2.45, 2.75) is 24.1 Å². The molecule has 0 spiro atoms. The minimum atomic E-state index is -1.85. The maximum absolute atomic E-state index is 11.9. The van der Waals surface area contributed by atoms with E-state index in [4.69, 9.17) is 14.2 Å². The van der Waals surface area contributed by atoms with Gasteiger partial charge in [-0.15, -0.1) is 0 Å². The van der Waals surface area contributed by atoms with Crippen LogP contribution in [0.3, 0.4) is 0 Å². The normalized spacial score (nSPS) is 37.1. The summed E-state index contributed by atoms with van der Waals surface area (Å²) in [6.07, 6.45) is -2.32. The first-order chi connectivity index (χ1) is 9.10. The Hall–Kier alpha value is -1.47. The molecule has 2 aliphatic rings. The number of aliphatic hydroxyl groups excluding tert-OH is 1. The summed E-state index contributed by atoms with van der Waals surface area (Å²) in [4.78, 5) is 11.9. The zero-order valence-electron chi connectivity index (χ0n) is 10.1. The van der Waals surface area contributed by atoms with Crippen molar-refractivity contribution in [1.82, 2.24) is 0 Å². The Bertz CT molecular complexity index is 475. The third kappa shape index (κ3) is 2.12. The Morgan fingerprint density at radius 3 is 2.79 bits per heavy atom. The van der Waals surface area contributed by atoms with Crippen LogP contribution in [0.2, 0.25) is 0 Å². The molecule has 2 fully saturated rings. The summed E-state index contributed by atoms with van der Waals surface area (Å²) < 4.78 is 15.6. The second-order valence-electron chi connectivity index (χ2n) is 4.70. The number of aliphatic hydroxyl groups is 2. The molecule has 19 heavy (non-hydrogen) atoms. The van der Waals surface area contributed by atoms with Gasteiger partial charge in [0.2, 0.25) is 0 Å². The molecule has 2 aliphatic heterocycles. The predicted molar refractivity (Wildman–Crippen MR) is 62.3 cm³/mol. The van der Waals surface area contributed by atoms with Crippen LogP contribution in [0.1, 0.15) is 10.4 Å². The Morgan fingerprint density at radius 1 is 1.32 bits per heavy atom. The van der Waals surface area contributed by atoms with Crippen molar-refractivity contribution >= 4 is 5.97 Å². The Labute approximate surface area is 109 Å². The van der Waals surface area contributed by atoms with E-state index < -0.39 is 30.1 Å². The standard InChI is InChI=1S/C13H14O6/c14-9-6-17-11-10(9)18-7-13(11,16)19-12(15)8-4-2-1-3-5-8/h1-5,9-11,14,16H,6-7H2/t9-,10-,11+,13+/m1/s1. The van der Waals surface area contributed by atoms with Gasteiger partial charge in [-0.2, -0.15) is 0 Å². The van der Waals surface area contributed by atoms with E-state index in [9.17, 15) is 15.0 Å². The minimum absolute atomic E-state index is 0.0561. The van der Waals surface area contributed by atoms with Crippen molar-refractivity contribution < 1.29 is 29.2 Å². The molecule has 2 N–H and O–H groups in total. The molecular formula is C13H14O6. The van der Waals surface area contributed by atoms with Crippen molar-refractivity contribution in [1.29, 1.82) is 0 Å². The van der Waals surface area contributed by atoms with Crippen molar-refractivity contribution in [3.05, 3.63) is 35.9 Å². The molecule has 6 nitrogen and oxygen atoms in total. The number of benzene rings is 1. The number of esters is 1. The molecule has 1 aromatic carbocycles. The summed E-state index contributed by atoms with van der Waals surface area (Å²) in [7, 11) is 0. The van der Waals surface area contributed by atoms with E-state index in [1.165, 1.54) is 0 Å². The van der Waals surface area contributed by atoms with Crippen molar-refractivity contribution in [2.75, 3.05) is 13.2 Å². The van der Waals surface area contributed by atoms with Crippen LogP contribution in [0, 0.1) is 0 Å². The van der Waals surface area contributed by atoms with Crippen LogP contribution in [0.25, 0.3) is 0 Å². The zero-order chi connectivity index (χ0) is 13.5. The summed E-state index contributed by atoms with van der Waals surface area (Å²) in [5.74, 6) is -2.51. The van der Waals surface area contributed by atoms with E-state index in [0.717, 1.165) is 0 Å². The van der Waals surface area contributed by atoms with Crippen LogP contribution < -0.4 is 0 Å². The first-order valence-electron chi connectivity index (χ1n) is 6.02. The van der Waals surface area contributed by atoms with Gasteiger partial charge in [0.05, 0.1) is 12.2 Å². The van der Waals surface area contributed by atoms with E-state index >= 15 is 0 Å². The lowest BCUT2D eigenvalue weighted by atomic mass is 10.1. The van der Waals surface area contributed by atoms with Gasteiger partial charge in [0.25, 0.3) is 5.79 Å². The van der Waals surface area contributed by atoms with Gasteiger partial charge in [-0.1, -0.05) is 18.2 Å². The van der Waals surface area contributed by atoms with Crippen LogP contribution in [0.5, 0.6) is 0 Å². The van der Waals surface area contributed by atoms with Crippen LogP contribution in [-0.4, -0.2) is 53.5 Å². The zero-order valence-corrected chi connectivity index (χ0v) is 10.1. The number of hydrogen-bond donors (Lipinski definition) is 2. The highest BCUT2D eigenvalue weighted by Crippen LogP contribution is 2.35. The fourth-order valence-electron chi connectivity index (χ4n) is 2.36. The smallest absolute Gasteiger partial charge is 0.340 e. The van der Waals surface area contributed by atoms with Gasteiger partial charge in [0, 0.05) is 0 Å². The topological polar surface area (TPSA) is 85.2 Å². The van der Waals surface area contributed by atoms with Crippen LogP contribution >= 0.6 is 0 Å². The summed E-state index contributed by atoms with van der Waals surface area (Å²) in [5, 5.41) is 19.9. The van der Waals surface area contributed by atoms with Crippen LogP contribution in [-0.2, 0) is 14.2 Å². The summed E-state index contributed by atoms with van der Waals surface area (Å²) in [5.41, 5.74) is 0.331. The quantitative estimate of drug-likeness (QED) is 0.564. The number of rotatable bonds is 2. The third-order valence-corrected chi connectivity index (χ3v) is 3.33. The number of fused-ring (bicyclic) bond motifs is 1. The van der Waals surface area contributed by atoms with E-state index in [0.29, 0.717) is 5.56 Å². The van der Waals surface area contributed by atoms with Crippen molar-refractivity contribution in [3.63, 3.8) is 0 Å². The second kappa shape index (κ2) is 4.57. The highest BCUT2D eigenvalue weighted by Gasteiger charge is 2.58. The average molecular weight is 266 g/mol. The first-order valence-corrected chi connectivity index (χ1v) is 6.02. The Morgan fingerprint density at radius 2 is 2.05 bits per heavy atom. The van der Waals surface area contributed by atoms with Crippen LogP contribution in [0.15, 0.2) is 30.3 Å². The van der Waals surface area contributed by atoms with Crippen LogP contribution in [0.4, 0.5) is 0 Å². The molecule has 6 heteroatoms. The Kier molecular flexibility index (Phi) is 3.02.